The van der Waals surface area contributed by atoms with E-state index in [-0.39, 0.29) is 0 Å². The second-order valence-corrected chi connectivity index (χ2v) is 7.61. The van der Waals surface area contributed by atoms with Crippen molar-refractivity contribution < 1.29 is 0 Å². The molecule has 0 bridgehead atoms. The molecule has 3 aliphatic carbocycles. The third kappa shape index (κ3) is 2.05. The van der Waals surface area contributed by atoms with E-state index in [1.165, 1.54) is 64.2 Å². The van der Waals surface area contributed by atoms with Crippen LogP contribution in [0.1, 0.15) is 78.1 Å². The summed E-state index contributed by atoms with van der Waals surface area (Å²) in [6.45, 7) is 4.92. The van der Waals surface area contributed by atoms with Gasteiger partial charge in [0.1, 0.15) is 0 Å². The lowest BCUT2D eigenvalue weighted by molar-refractivity contribution is 0.00895. The molecule has 1 heteroatoms. The van der Waals surface area contributed by atoms with Crippen molar-refractivity contribution in [3.63, 3.8) is 0 Å². The predicted molar refractivity (Wildman–Crippen MR) is 73.1 cm³/mol. The maximum Gasteiger partial charge on any atom is 0.0126 e. The molecule has 1 spiro atoms. The van der Waals surface area contributed by atoms with E-state index in [0.29, 0.717) is 5.41 Å². The lowest BCUT2D eigenvalue weighted by Crippen LogP contribution is -2.58. The Bertz CT molecular complexity index is 275. The Morgan fingerprint density at radius 3 is 2.06 bits per heavy atom. The van der Waals surface area contributed by atoms with Gasteiger partial charge in [-0.2, -0.15) is 0 Å². The highest BCUT2D eigenvalue weighted by molar-refractivity contribution is 5.04. The highest BCUT2D eigenvalue weighted by Gasteiger charge is 2.48. The van der Waals surface area contributed by atoms with Crippen molar-refractivity contribution in [1.82, 2.24) is 5.32 Å². The normalized spacial score (nSPS) is 39.2. The molecule has 1 N–H and O–H groups in total. The topological polar surface area (TPSA) is 12.0 Å². The SMILES string of the molecule is CC1(C)CCCC1NC1CCC12CCCCC2. The summed E-state index contributed by atoms with van der Waals surface area (Å²) < 4.78 is 0. The molecule has 0 amide bonds. The smallest absolute Gasteiger partial charge is 0.0126 e. The molecule has 2 unspecified atom stereocenters. The molecule has 0 heterocycles. The molecule has 3 fully saturated rings. The summed E-state index contributed by atoms with van der Waals surface area (Å²) in [5.74, 6) is 0. The van der Waals surface area contributed by atoms with Crippen LogP contribution in [-0.2, 0) is 0 Å². The molecule has 3 aliphatic rings. The van der Waals surface area contributed by atoms with Crippen molar-refractivity contribution in [3.8, 4) is 0 Å². The lowest BCUT2D eigenvalue weighted by atomic mass is 9.57. The van der Waals surface area contributed by atoms with E-state index in [2.05, 4.69) is 19.2 Å². The first kappa shape index (κ1) is 12.0. The molecule has 0 radical (unpaired) electrons. The lowest BCUT2D eigenvalue weighted by Gasteiger charge is -2.54. The molecule has 0 aliphatic heterocycles. The number of nitrogens with one attached hydrogen (secondary N) is 1. The molecule has 17 heavy (non-hydrogen) atoms. The van der Waals surface area contributed by atoms with Gasteiger partial charge in [-0.1, -0.05) is 39.5 Å². The van der Waals surface area contributed by atoms with Gasteiger partial charge in [0.15, 0.2) is 0 Å². The predicted octanol–water partition coefficient (Wildman–Crippen LogP) is 4.27. The molecule has 3 rings (SSSR count). The van der Waals surface area contributed by atoms with Gasteiger partial charge in [0.2, 0.25) is 0 Å². The van der Waals surface area contributed by atoms with Gasteiger partial charge in [-0.15, -0.1) is 0 Å². The molecule has 2 atom stereocenters. The Kier molecular flexibility index (Phi) is 3.01. The largest absolute Gasteiger partial charge is 0.310 e. The van der Waals surface area contributed by atoms with E-state index in [1.807, 2.05) is 0 Å². The second kappa shape index (κ2) is 4.26. The van der Waals surface area contributed by atoms with Crippen molar-refractivity contribution in [1.29, 1.82) is 0 Å². The van der Waals surface area contributed by atoms with Gasteiger partial charge in [-0.25, -0.2) is 0 Å². The highest BCUT2D eigenvalue weighted by Crippen LogP contribution is 2.52. The van der Waals surface area contributed by atoms with Crippen LogP contribution in [0.15, 0.2) is 0 Å². The van der Waals surface area contributed by atoms with E-state index in [9.17, 15) is 0 Å². The fourth-order valence-electron chi connectivity index (χ4n) is 4.69. The molecule has 0 aromatic carbocycles. The molecular weight excluding hydrogens is 206 g/mol. The molecule has 1 nitrogen and oxygen atoms in total. The third-order valence-corrected chi connectivity index (χ3v) is 6.18. The summed E-state index contributed by atoms with van der Waals surface area (Å²) in [6.07, 6.45) is 14.7. The minimum Gasteiger partial charge on any atom is -0.310 e. The minimum absolute atomic E-state index is 0.547. The summed E-state index contributed by atoms with van der Waals surface area (Å²) in [4.78, 5) is 0. The van der Waals surface area contributed by atoms with Crippen LogP contribution in [-0.4, -0.2) is 12.1 Å². The van der Waals surface area contributed by atoms with Gasteiger partial charge in [-0.3, -0.25) is 0 Å². The Morgan fingerprint density at radius 1 is 0.765 bits per heavy atom. The Labute approximate surface area is 107 Å². The fourth-order valence-corrected chi connectivity index (χ4v) is 4.69. The summed E-state index contributed by atoms with van der Waals surface area (Å²) >= 11 is 0. The summed E-state index contributed by atoms with van der Waals surface area (Å²) in [5.41, 5.74) is 1.28. The van der Waals surface area contributed by atoms with Crippen LogP contribution in [0.3, 0.4) is 0 Å². The van der Waals surface area contributed by atoms with Crippen molar-refractivity contribution >= 4 is 0 Å². The van der Waals surface area contributed by atoms with E-state index in [4.69, 9.17) is 0 Å². The van der Waals surface area contributed by atoms with Crippen molar-refractivity contribution in [3.05, 3.63) is 0 Å². The van der Waals surface area contributed by atoms with Gasteiger partial charge in [0.25, 0.3) is 0 Å². The zero-order chi connectivity index (χ0) is 11.9. The second-order valence-electron chi connectivity index (χ2n) is 7.61. The van der Waals surface area contributed by atoms with Crippen LogP contribution in [0.25, 0.3) is 0 Å². The molecular formula is C16H29N. The zero-order valence-electron chi connectivity index (χ0n) is 11.7. The zero-order valence-corrected chi connectivity index (χ0v) is 11.7. The first-order valence-electron chi connectivity index (χ1n) is 7.89. The summed E-state index contributed by atoms with van der Waals surface area (Å²) in [6, 6.07) is 1.66. The highest BCUT2D eigenvalue weighted by atomic mass is 15.0. The minimum atomic E-state index is 0.547. The van der Waals surface area contributed by atoms with Crippen LogP contribution in [0.5, 0.6) is 0 Å². The molecule has 98 valence electrons. The molecule has 0 aromatic rings. The van der Waals surface area contributed by atoms with E-state index in [0.717, 1.165) is 17.5 Å². The van der Waals surface area contributed by atoms with Crippen LogP contribution in [0.2, 0.25) is 0 Å². The van der Waals surface area contributed by atoms with Crippen LogP contribution < -0.4 is 5.32 Å². The van der Waals surface area contributed by atoms with Gasteiger partial charge in [0, 0.05) is 12.1 Å². The van der Waals surface area contributed by atoms with Crippen LogP contribution in [0.4, 0.5) is 0 Å². The molecule has 3 saturated carbocycles. The van der Waals surface area contributed by atoms with Crippen molar-refractivity contribution in [2.75, 3.05) is 0 Å². The van der Waals surface area contributed by atoms with Gasteiger partial charge >= 0.3 is 0 Å². The van der Waals surface area contributed by atoms with Crippen LogP contribution >= 0.6 is 0 Å². The first-order valence-corrected chi connectivity index (χ1v) is 7.89. The molecule has 0 saturated heterocycles. The van der Waals surface area contributed by atoms with E-state index < -0.39 is 0 Å². The van der Waals surface area contributed by atoms with E-state index >= 15 is 0 Å². The number of hydrogen-bond acceptors (Lipinski definition) is 1. The maximum atomic E-state index is 4.07. The van der Waals surface area contributed by atoms with Crippen LogP contribution in [0, 0.1) is 10.8 Å². The maximum absolute atomic E-state index is 4.07. The van der Waals surface area contributed by atoms with E-state index in [1.54, 1.807) is 0 Å². The van der Waals surface area contributed by atoms with Crippen molar-refractivity contribution in [2.45, 2.75) is 90.1 Å². The third-order valence-electron chi connectivity index (χ3n) is 6.18. The number of hydrogen-bond donors (Lipinski definition) is 1. The monoisotopic (exact) mass is 235 g/mol. The quantitative estimate of drug-likeness (QED) is 0.754. The number of rotatable bonds is 2. The summed E-state index contributed by atoms with van der Waals surface area (Å²) in [7, 11) is 0. The average molecular weight is 235 g/mol. The average Bonchev–Trinajstić information content (AvgIpc) is 2.65. The Morgan fingerprint density at radius 2 is 1.53 bits per heavy atom. The fraction of sp³-hybridized carbons (Fsp3) is 1.00. The van der Waals surface area contributed by atoms with Crippen molar-refractivity contribution in [2.24, 2.45) is 10.8 Å². The van der Waals surface area contributed by atoms with Gasteiger partial charge in [0.05, 0.1) is 0 Å². The Balaban J connectivity index is 1.62. The van der Waals surface area contributed by atoms with Gasteiger partial charge in [-0.05, 0) is 49.4 Å². The standard InChI is InChI=1S/C16H29N/c1-15(2)9-6-7-13(15)17-14-8-12-16(14)10-4-3-5-11-16/h13-14,17H,3-12H2,1-2H3. The molecule has 0 aromatic heterocycles. The first-order chi connectivity index (χ1) is 8.12. The van der Waals surface area contributed by atoms with Gasteiger partial charge < -0.3 is 5.32 Å². The Hall–Kier alpha value is -0.0400. The summed E-state index contributed by atoms with van der Waals surface area (Å²) in [5, 5.41) is 4.07.